The molecule has 2 aromatic rings. The number of nitrogens with zero attached hydrogens (tertiary/aromatic N) is 1. The smallest absolute Gasteiger partial charge is 0.245 e. The summed E-state index contributed by atoms with van der Waals surface area (Å²) in [6.45, 7) is 0.498. The van der Waals surface area contributed by atoms with Gasteiger partial charge in [0.25, 0.3) is 0 Å². The van der Waals surface area contributed by atoms with Gasteiger partial charge in [-0.05, 0) is 36.2 Å². The number of hydrogen-bond donors (Lipinski definition) is 3. The highest BCUT2D eigenvalue weighted by atomic mass is 16.5. The quantitative estimate of drug-likeness (QED) is 0.726. The molecule has 1 unspecified atom stereocenters. The van der Waals surface area contributed by atoms with Gasteiger partial charge in [0.1, 0.15) is 11.8 Å². The molecule has 1 aliphatic heterocycles. The lowest BCUT2D eigenvalue weighted by Crippen LogP contribution is -2.47. The average molecular weight is 366 g/mol. The van der Waals surface area contributed by atoms with Gasteiger partial charge in [-0.3, -0.25) is 14.9 Å². The molecular weight excluding hydrogens is 344 g/mol. The number of benzene rings is 2. The van der Waals surface area contributed by atoms with Crippen LogP contribution in [0.4, 0.5) is 5.69 Å². The van der Waals surface area contributed by atoms with Gasteiger partial charge in [-0.25, -0.2) is 4.99 Å². The first-order valence-corrected chi connectivity index (χ1v) is 8.74. The fourth-order valence-corrected chi connectivity index (χ4v) is 2.71. The second kappa shape index (κ2) is 8.84. The van der Waals surface area contributed by atoms with Crippen molar-refractivity contribution in [3.05, 3.63) is 60.2 Å². The molecule has 0 radical (unpaired) electrons. The number of amides is 2. The van der Waals surface area contributed by atoms with Crippen molar-refractivity contribution in [1.82, 2.24) is 10.6 Å². The third kappa shape index (κ3) is 5.31. The molecule has 7 heteroatoms. The number of carbonyl (C=O) groups excluding carboxylic acids is 2. The van der Waals surface area contributed by atoms with Crippen molar-refractivity contribution in [2.45, 2.75) is 18.9 Å². The van der Waals surface area contributed by atoms with Crippen LogP contribution in [0.2, 0.25) is 0 Å². The Morgan fingerprint density at radius 3 is 2.63 bits per heavy atom. The highest BCUT2D eigenvalue weighted by Crippen LogP contribution is 2.15. The minimum atomic E-state index is -0.740. The molecule has 0 bridgehead atoms. The Labute approximate surface area is 157 Å². The summed E-state index contributed by atoms with van der Waals surface area (Å²) in [5.41, 5.74) is 1.88. The molecule has 3 rings (SSSR count). The van der Waals surface area contributed by atoms with Crippen molar-refractivity contribution in [3.8, 4) is 5.75 Å². The number of anilines is 1. The maximum absolute atomic E-state index is 12.4. The van der Waals surface area contributed by atoms with E-state index in [9.17, 15) is 9.59 Å². The van der Waals surface area contributed by atoms with Gasteiger partial charge in [0.2, 0.25) is 17.8 Å². The van der Waals surface area contributed by atoms with E-state index < -0.39 is 6.04 Å². The van der Waals surface area contributed by atoms with Crippen LogP contribution in [-0.4, -0.2) is 37.5 Å². The number of carbonyl (C=O) groups is 2. The number of ether oxygens (including phenoxy) is 1. The first kappa shape index (κ1) is 18.4. The van der Waals surface area contributed by atoms with Crippen molar-refractivity contribution < 1.29 is 14.3 Å². The maximum Gasteiger partial charge on any atom is 0.245 e. The van der Waals surface area contributed by atoms with E-state index in [1.807, 2.05) is 30.3 Å². The van der Waals surface area contributed by atoms with Gasteiger partial charge in [-0.15, -0.1) is 0 Å². The van der Waals surface area contributed by atoms with E-state index in [0.29, 0.717) is 6.54 Å². The fourth-order valence-electron chi connectivity index (χ4n) is 2.71. The first-order valence-electron chi connectivity index (χ1n) is 8.74. The Balaban J connectivity index is 1.57. The predicted molar refractivity (Wildman–Crippen MR) is 104 cm³/mol. The lowest BCUT2D eigenvalue weighted by Gasteiger charge is -2.21. The number of aliphatic imine (C=N–C) groups is 1. The minimum Gasteiger partial charge on any atom is -0.497 e. The third-order valence-electron chi connectivity index (χ3n) is 4.13. The number of methoxy groups -OCH3 is 1. The Morgan fingerprint density at radius 1 is 1.19 bits per heavy atom. The molecule has 0 saturated heterocycles. The number of nitrogens with one attached hydrogen (secondary N) is 3. The normalized spacial score (nSPS) is 16.1. The van der Waals surface area contributed by atoms with Gasteiger partial charge in [-0.1, -0.05) is 30.3 Å². The summed E-state index contributed by atoms with van der Waals surface area (Å²) in [4.78, 5) is 28.6. The Kier molecular flexibility index (Phi) is 6.04. The Hall–Kier alpha value is -3.35. The first-order chi connectivity index (χ1) is 13.1. The summed E-state index contributed by atoms with van der Waals surface area (Å²) in [7, 11) is 1.59. The van der Waals surface area contributed by atoms with Crippen molar-refractivity contribution in [3.63, 3.8) is 0 Å². The second-order valence-corrected chi connectivity index (χ2v) is 6.13. The van der Waals surface area contributed by atoms with Crippen LogP contribution in [0.15, 0.2) is 59.6 Å². The largest absolute Gasteiger partial charge is 0.497 e. The molecule has 2 amide bonds. The van der Waals surface area contributed by atoms with Crippen LogP contribution in [0.3, 0.4) is 0 Å². The molecule has 3 N–H and O–H groups in total. The molecule has 1 atom stereocenters. The van der Waals surface area contributed by atoms with Crippen molar-refractivity contribution in [2.24, 2.45) is 4.99 Å². The van der Waals surface area contributed by atoms with Crippen LogP contribution in [0, 0.1) is 0 Å². The summed E-state index contributed by atoms with van der Waals surface area (Å²) >= 11 is 0. The molecule has 0 spiro atoms. The van der Waals surface area contributed by atoms with E-state index in [2.05, 4.69) is 20.9 Å². The molecule has 1 aliphatic rings. The van der Waals surface area contributed by atoms with Gasteiger partial charge in [-0.2, -0.15) is 0 Å². The topological polar surface area (TPSA) is 91.8 Å². The molecule has 0 aliphatic carbocycles. The molecular formula is C20H22N4O3. The van der Waals surface area contributed by atoms with Crippen molar-refractivity contribution in [2.75, 3.05) is 19.0 Å². The van der Waals surface area contributed by atoms with E-state index in [4.69, 9.17) is 4.74 Å². The highest BCUT2D eigenvalue weighted by molar-refractivity contribution is 6.08. The maximum atomic E-state index is 12.4. The number of guanidine groups is 1. The SMILES string of the molecule is COc1ccc(NC2=NC(C(=O)NCCc3ccccc3)CC(=O)N2)cc1. The number of hydrogen-bond acceptors (Lipinski definition) is 5. The average Bonchev–Trinajstić information content (AvgIpc) is 2.69. The monoisotopic (exact) mass is 366 g/mol. The molecule has 1 heterocycles. The Morgan fingerprint density at radius 2 is 1.93 bits per heavy atom. The summed E-state index contributed by atoms with van der Waals surface area (Å²) in [5, 5.41) is 8.51. The standard InChI is InChI=1S/C20H22N4O3/c1-27-16-9-7-15(8-10-16)22-20-23-17(13-18(25)24-20)19(26)21-12-11-14-5-3-2-4-6-14/h2-10,17H,11-13H2,1H3,(H,21,26)(H2,22,23,24,25). The van der Waals surface area contributed by atoms with Crippen LogP contribution < -0.4 is 20.7 Å². The zero-order valence-electron chi connectivity index (χ0n) is 15.1. The summed E-state index contributed by atoms with van der Waals surface area (Å²) in [6.07, 6.45) is 0.761. The van der Waals surface area contributed by atoms with Crippen molar-refractivity contribution >= 4 is 23.5 Å². The number of rotatable bonds is 6. The molecule has 0 saturated carbocycles. The Bertz CT molecular complexity index is 819. The van der Waals surface area contributed by atoms with Crippen LogP contribution in [-0.2, 0) is 16.0 Å². The van der Waals surface area contributed by atoms with Gasteiger partial charge >= 0.3 is 0 Å². The zero-order chi connectivity index (χ0) is 19.1. The summed E-state index contributed by atoms with van der Waals surface area (Å²) < 4.78 is 5.11. The van der Waals surface area contributed by atoms with E-state index in [1.165, 1.54) is 0 Å². The molecule has 27 heavy (non-hydrogen) atoms. The summed E-state index contributed by atoms with van der Waals surface area (Å²) in [5.74, 6) is 0.490. The minimum absolute atomic E-state index is 0.0327. The van der Waals surface area contributed by atoms with Gasteiger partial charge < -0.3 is 15.4 Å². The zero-order valence-corrected chi connectivity index (χ0v) is 15.1. The van der Waals surface area contributed by atoms with Crippen LogP contribution >= 0.6 is 0 Å². The molecule has 0 aromatic heterocycles. The van der Waals surface area contributed by atoms with E-state index in [0.717, 1.165) is 23.4 Å². The van der Waals surface area contributed by atoms with Gasteiger partial charge in [0, 0.05) is 12.2 Å². The van der Waals surface area contributed by atoms with E-state index in [-0.39, 0.29) is 24.2 Å². The fraction of sp³-hybridized carbons (Fsp3) is 0.250. The van der Waals surface area contributed by atoms with Crippen LogP contribution in [0.5, 0.6) is 5.75 Å². The summed E-state index contributed by atoms with van der Waals surface area (Å²) in [6, 6.07) is 16.3. The highest BCUT2D eigenvalue weighted by Gasteiger charge is 2.26. The second-order valence-electron chi connectivity index (χ2n) is 6.13. The molecule has 140 valence electrons. The van der Waals surface area contributed by atoms with Crippen LogP contribution in [0.25, 0.3) is 0 Å². The van der Waals surface area contributed by atoms with E-state index >= 15 is 0 Å². The van der Waals surface area contributed by atoms with E-state index in [1.54, 1.807) is 31.4 Å². The molecule has 0 fully saturated rings. The molecule has 2 aromatic carbocycles. The predicted octanol–water partition coefficient (Wildman–Crippen LogP) is 1.71. The lowest BCUT2D eigenvalue weighted by atomic mass is 10.1. The van der Waals surface area contributed by atoms with Gasteiger partial charge in [0.15, 0.2) is 0 Å². The van der Waals surface area contributed by atoms with Crippen molar-refractivity contribution in [1.29, 1.82) is 0 Å². The van der Waals surface area contributed by atoms with Gasteiger partial charge in [0.05, 0.1) is 13.5 Å². The molecule has 7 nitrogen and oxygen atoms in total. The third-order valence-corrected chi connectivity index (χ3v) is 4.13. The van der Waals surface area contributed by atoms with Crippen LogP contribution in [0.1, 0.15) is 12.0 Å². The lowest BCUT2D eigenvalue weighted by molar-refractivity contribution is -0.127.